The van der Waals surface area contributed by atoms with Gasteiger partial charge >= 0.3 is 0 Å². The Morgan fingerprint density at radius 1 is 1.00 bits per heavy atom. The fourth-order valence-electron chi connectivity index (χ4n) is 9.35. The molecule has 6 rings (SSSR count). The molecule has 1 saturated carbocycles. The number of non-ortho nitro benzene ring substituents is 1. The summed E-state index contributed by atoms with van der Waals surface area (Å²) < 4.78 is 26.7. The van der Waals surface area contributed by atoms with E-state index in [2.05, 4.69) is 12.7 Å². The number of aliphatic hydroxyl groups is 3. The molecule has 6 atom stereocenters. The van der Waals surface area contributed by atoms with E-state index in [1.54, 1.807) is 40.9 Å². The van der Waals surface area contributed by atoms with Crippen LogP contribution in [-0.4, -0.2) is 108 Å². The summed E-state index contributed by atoms with van der Waals surface area (Å²) in [5, 5.41) is 45.5. The molecule has 344 valence electrons. The lowest BCUT2D eigenvalue weighted by atomic mass is 9.55. The van der Waals surface area contributed by atoms with Gasteiger partial charge in [-0.25, -0.2) is 0 Å². The SMILES string of the molecule is C=CCOC12Oc3ccc(Oc4ccc(SC)cc4)cc3C3C(CCCCO)C(CCCCO)C=C(C(=NOCC)CC1N(CCOCCO)C(=O)C=Cc1ccc([N+](=O)[O-])cc1)C32. The molecule has 0 saturated heterocycles. The summed E-state index contributed by atoms with van der Waals surface area (Å²) in [5.41, 5.74) is 3.01. The van der Waals surface area contributed by atoms with E-state index in [1.165, 1.54) is 18.2 Å². The number of carbonyl (C=O) groups is 1. The fraction of sp³-hybridized carbons (Fsp3) is 0.469. The van der Waals surface area contributed by atoms with Gasteiger partial charge in [-0.1, -0.05) is 30.1 Å². The van der Waals surface area contributed by atoms with E-state index in [-0.39, 0.29) is 82.0 Å². The molecule has 1 aliphatic heterocycles. The van der Waals surface area contributed by atoms with Gasteiger partial charge in [0.2, 0.25) is 11.7 Å². The highest BCUT2D eigenvalue weighted by Crippen LogP contribution is 2.62. The molecule has 2 aliphatic carbocycles. The highest BCUT2D eigenvalue weighted by atomic mass is 32.2. The Morgan fingerprint density at radius 3 is 2.41 bits per heavy atom. The van der Waals surface area contributed by atoms with Crippen molar-refractivity contribution in [1.82, 2.24) is 4.90 Å². The summed E-state index contributed by atoms with van der Waals surface area (Å²) in [6.45, 7) is 6.47. The number of hydrogen-bond acceptors (Lipinski definition) is 13. The smallest absolute Gasteiger partial charge is 0.269 e. The molecule has 1 heterocycles. The number of nitro groups is 1. The topological polar surface area (TPSA) is 183 Å². The third kappa shape index (κ3) is 11.4. The van der Waals surface area contributed by atoms with E-state index in [0.717, 1.165) is 41.7 Å². The average molecular weight is 900 g/mol. The molecular formula is C49H61N3O11S. The summed E-state index contributed by atoms with van der Waals surface area (Å²) >= 11 is 1.65. The number of amides is 1. The maximum atomic E-state index is 14.8. The molecule has 14 nitrogen and oxygen atoms in total. The lowest BCUT2D eigenvalue weighted by molar-refractivity contribution is -0.384. The fourth-order valence-corrected chi connectivity index (χ4v) is 9.76. The number of unbranched alkanes of at least 4 members (excludes halogenated alkanes) is 2. The molecule has 0 aromatic heterocycles. The standard InChI is InChI=1S/C49H61N3O11S/c1-4-28-60-49-45(51(24-29-59-30-27-55)46(56)23-14-34-12-15-36(16-13-34)52(57)58)33-43(50-61-5-2)41-31-35(10-6-8-25-53)40(11-7-9-26-54)47(48(41)49)42-32-38(19-22-44(42)63-49)62-37-17-20-39(64-3)21-18-37/h4,12-23,31-32,35,40,45,47-48,53-55H,1,5-11,24-30,33H2,2-3H3. The van der Waals surface area contributed by atoms with Crippen LogP contribution in [0.1, 0.15) is 68.9 Å². The number of thioether (sulfide) groups is 1. The summed E-state index contributed by atoms with van der Waals surface area (Å²) in [5.74, 6) is -0.730. The van der Waals surface area contributed by atoms with Crippen LogP contribution in [0.2, 0.25) is 0 Å². The van der Waals surface area contributed by atoms with Crippen molar-refractivity contribution in [2.75, 3.05) is 59.0 Å². The molecule has 15 heteroatoms. The molecule has 1 amide bonds. The van der Waals surface area contributed by atoms with Gasteiger partial charge < -0.3 is 44.0 Å². The number of aliphatic hydroxyl groups excluding tert-OH is 3. The van der Waals surface area contributed by atoms with Crippen molar-refractivity contribution < 1.29 is 48.8 Å². The zero-order valence-electron chi connectivity index (χ0n) is 36.7. The van der Waals surface area contributed by atoms with Crippen molar-refractivity contribution >= 4 is 35.1 Å². The third-order valence-corrected chi connectivity index (χ3v) is 12.9. The van der Waals surface area contributed by atoms with Gasteiger partial charge in [0, 0.05) is 60.8 Å². The molecule has 0 spiro atoms. The minimum atomic E-state index is -1.50. The van der Waals surface area contributed by atoms with E-state index < -0.39 is 22.7 Å². The number of ether oxygens (including phenoxy) is 4. The molecule has 1 fully saturated rings. The zero-order valence-corrected chi connectivity index (χ0v) is 37.5. The monoisotopic (exact) mass is 899 g/mol. The number of nitro benzene ring substituents is 1. The van der Waals surface area contributed by atoms with Gasteiger partial charge in [0.05, 0.1) is 43.0 Å². The highest BCUT2D eigenvalue weighted by Gasteiger charge is 2.65. The Morgan fingerprint density at radius 2 is 1.73 bits per heavy atom. The summed E-state index contributed by atoms with van der Waals surface area (Å²) in [6, 6.07) is 18.9. The van der Waals surface area contributed by atoms with E-state index in [4.69, 9.17) is 28.9 Å². The van der Waals surface area contributed by atoms with Crippen LogP contribution >= 0.6 is 11.8 Å². The number of hydrogen-bond donors (Lipinski definition) is 3. The van der Waals surface area contributed by atoms with E-state index in [0.29, 0.717) is 48.0 Å². The zero-order chi connectivity index (χ0) is 45.5. The van der Waals surface area contributed by atoms with Crippen molar-refractivity contribution in [2.45, 2.75) is 74.5 Å². The summed E-state index contributed by atoms with van der Waals surface area (Å²) in [6.07, 6.45) is 13.6. The first-order chi connectivity index (χ1) is 31.2. The van der Waals surface area contributed by atoms with Gasteiger partial charge in [0.15, 0.2) is 0 Å². The number of nitrogens with zero attached hydrogens (tertiary/aromatic N) is 3. The molecule has 0 radical (unpaired) electrons. The van der Waals surface area contributed by atoms with E-state index >= 15 is 0 Å². The number of fused-ring (bicyclic) bond motifs is 2. The Bertz CT molecular complexity index is 2110. The number of benzene rings is 3. The second-order valence-electron chi connectivity index (χ2n) is 16.0. The largest absolute Gasteiger partial charge is 0.459 e. The first-order valence-corrected chi connectivity index (χ1v) is 23.4. The van der Waals surface area contributed by atoms with Crippen LogP contribution in [0.25, 0.3) is 6.08 Å². The lowest BCUT2D eigenvalue weighted by Crippen LogP contribution is -2.70. The first-order valence-electron chi connectivity index (χ1n) is 22.2. The maximum absolute atomic E-state index is 14.8. The summed E-state index contributed by atoms with van der Waals surface area (Å²) in [4.78, 5) is 34.3. The van der Waals surface area contributed by atoms with Gasteiger partial charge in [-0.15, -0.1) is 18.3 Å². The van der Waals surface area contributed by atoms with Gasteiger partial charge in [-0.2, -0.15) is 0 Å². The van der Waals surface area contributed by atoms with Crippen LogP contribution < -0.4 is 9.47 Å². The molecule has 64 heavy (non-hydrogen) atoms. The van der Waals surface area contributed by atoms with E-state index in [1.807, 2.05) is 55.6 Å². The first kappa shape index (κ1) is 48.4. The number of rotatable bonds is 25. The molecular weight excluding hydrogens is 839 g/mol. The Kier molecular flexibility index (Phi) is 18.0. The second kappa shape index (κ2) is 23.8. The second-order valence-corrected chi connectivity index (χ2v) is 16.9. The third-order valence-electron chi connectivity index (χ3n) is 12.1. The number of allylic oxidation sites excluding steroid dienone is 1. The Hall–Kier alpha value is -5.03. The molecule has 0 bridgehead atoms. The van der Waals surface area contributed by atoms with Gasteiger partial charge in [-0.05, 0) is 123 Å². The summed E-state index contributed by atoms with van der Waals surface area (Å²) in [7, 11) is 0. The Balaban J connectivity index is 1.55. The maximum Gasteiger partial charge on any atom is 0.269 e. The number of oxime groups is 1. The van der Waals surface area contributed by atoms with Gasteiger partial charge in [0.25, 0.3) is 5.69 Å². The molecule has 3 aromatic rings. The molecule has 3 N–H and O–H groups in total. The van der Waals surface area contributed by atoms with Crippen LogP contribution in [0.5, 0.6) is 17.2 Å². The van der Waals surface area contributed by atoms with Crippen LogP contribution in [0.3, 0.4) is 0 Å². The van der Waals surface area contributed by atoms with Crippen molar-refractivity contribution in [3.05, 3.63) is 118 Å². The van der Waals surface area contributed by atoms with Crippen molar-refractivity contribution in [1.29, 1.82) is 0 Å². The van der Waals surface area contributed by atoms with Crippen LogP contribution in [0.4, 0.5) is 5.69 Å². The van der Waals surface area contributed by atoms with Crippen LogP contribution in [0.15, 0.2) is 107 Å². The molecule has 3 aliphatic rings. The quantitative estimate of drug-likeness (QED) is 0.0185. The van der Waals surface area contributed by atoms with Crippen molar-refractivity contribution in [3.63, 3.8) is 0 Å². The minimum Gasteiger partial charge on any atom is -0.459 e. The Labute approximate surface area is 379 Å². The predicted octanol–water partition coefficient (Wildman–Crippen LogP) is 8.31. The molecule has 6 unspecified atom stereocenters. The normalized spacial score (nSPS) is 22.9. The average Bonchev–Trinajstić information content (AvgIpc) is 3.31. The highest BCUT2D eigenvalue weighted by molar-refractivity contribution is 7.98. The van der Waals surface area contributed by atoms with Crippen molar-refractivity contribution in [2.24, 2.45) is 22.9 Å². The van der Waals surface area contributed by atoms with Crippen LogP contribution in [0, 0.1) is 27.9 Å². The van der Waals surface area contributed by atoms with Gasteiger partial charge in [0.1, 0.15) is 29.9 Å². The van der Waals surface area contributed by atoms with Gasteiger partial charge in [-0.3, -0.25) is 14.9 Å². The number of carbonyl (C=O) groups excluding carboxylic acids is 1. The predicted molar refractivity (Wildman–Crippen MR) is 247 cm³/mol. The van der Waals surface area contributed by atoms with Crippen molar-refractivity contribution in [3.8, 4) is 17.2 Å². The molecule has 3 aromatic carbocycles. The van der Waals surface area contributed by atoms with Crippen LogP contribution in [-0.2, 0) is 19.1 Å². The lowest BCUT2D eigenvalue weighted by Gasteiger charge is -2.60. The van der Waals surface area contributed by atoms with E-state index in [9.17, 15) is 30.2 Å². The minimum absolute atomic E-state index is 0.00984.